The highest BCUT2D eigenvalue weighted by Crippen LogP contribution is 2.28. The molecule has 1 heterocycles. The molecule has 6 heteroatoms. The fraction of sp³-hybridized carbons (Fsp3) is 0.0769. The number of hydrogen-bond donors (Lipinski definition) is 3. The molecule has 0 aliphatic rings. The molecule has 5 nitrogen and oxygen atoms in total. The average molecular weight is 321 g/mol. The maximum absolute atomic E-state index is 11.1. The zero-order valence-corrected chi connectivity index (χ0v) is 11.9. The Bertz CT molecular complexity index is 643. The van der Waals surface area contributed by atoms with Gasteiger partial charge in [-0.05, 0) is 52.7 Å². The first-order valence-corrected chi connectivity index (χ1v) is 6.36. The van der Waals surface area contributed by atoms with Crippen LogP contribution in [-0.4, -0.2) is 10.9 Å². The van der Waals surface area contributed by atoms with Gasteiger partial charge in [0, 0.05) is 4.47 Å². The van der Waals surface area contributed by atoms with Gasteiger partial charge in [-0.3, -0.25) is 4.79 Å². The molecule has 19 heavy (non-hydrogen) atoms. The Morgan fingerprint density at radius 2 is 2.05 bits per heavy atom. The molecule has 0 unspecified atom stereocenters. The first kappa shape index (κ1) is 13.4. The van der Waals surface area contributed by atoms with Gasteiger partial charge >= 0.3 is 0 Å². The number of aromatic nitrogens is 1. The lowest BCUT2D eigenvalue weighted by Crippen LogP contribution is -2.14. The van der Waals surface area contributed by atoms with E-state index in [1.807, 2.05) is 25.1 Å². The van der Waals surface area contributed by atoms with E-state index in [0.717, 1.165) is 15.7 Å². The normalized spacial score (nSPS) is 10.2. The number of nitrogens with one attached hydrogen (secondary N) is 1. The van der Waals surface area contributed by atoms with Crippen molar-refractivity contribution in [2.75, 3.05) is 11.1 Å². The topological polar surface area (TPSA) is 94.0 Å². The number of nitrogen functional groups attached to an aromatic ring is 1. The van der Waals surface area contributed by atoms with Crippen LogP contribution in [0.2, 0.25) is 0 Å². The molecule has 2 aromatic rings. The van der Waals surface area contributed by atoms with E-state index < -0.39 is 5.91 Å². The van der Waals surface area contributed by atoms with Crippen LogP contribution in [0.4, 0.5) is 17.2 Å². The molecule has 5 N–H and O–H groups in total. The molecule has 2 rings (SSSR count). The molecule has 0 saturated heterocycles. The van der Waals surface area contributed by atoms with Crippen LogP contribution in [-0.2, 0) is 0 Å². The van der Waals surface area contributed by atoms with Gasteiger partial charge in [-0.15, -0.1) is 0 Å². The Kier molecular flexibility index (Phi) is 3.71. The standard InChI is InChI=1S/C13H13BrN4O/c1-7-2-3-8(14)11(6-7)18-13-9(15)4-5-10(17-13)12(16)19/h2-6H,15H2,1H3,(H2,16,19)(H,17,18). The van der Waals surface area contributed by atoms with Crippen LogP contribution < -0.4 is 16.8 Å². The zero-order chi connectivity index (χ0) is 14.0. The lowest BCUT2D eigenvalue weighted by molar-refractivity contribution is 0.0996. The number of carbonyl (C=O) groups is 1. The minimum absolute atomic E-state index is 0.167. The van der Waals surface area contributed by atoms with E-state index in [1.54, 1.807) is 6.07 Å². The summed E-state index contributed by atoms with van der Waals surface area (Å²) in [6.07, 6.45) is 0. The Morgan fingerprint density at radius 3 is 2.74 bits per heavy atom. The number of primary amides is 1. The molecule has 0 aliphatic heterocycles. The van der Waals surface area contributed by atoms with Gasteiger partial charge in [-0.1, -0.05) is 6.07 Å². The number of carbonyl (C=O) groups excluding carboxylic acids is 1. The minimum atomic E-state index is -0.591. The number of anilines is 3. The largest absolute Gasteiger partial charge is 0.396 e. The fourth-order valence-electron chi connectivity index (χ4n) is 1.57. The van der Waals surface area contributed by atoms with Gasteiger partial charge in [0.2, 0.25) is 0 Å². The number of aryl methyl sites for hydroxylation is 1. The van der Waals surface area contributed by atoms with Crippen molar-refractivity contribution in [2.24, 2.45) is 5.73 Å². The van der Waals surface area contributed by atoms with E-state index in [9.17, 15) is 4.79 Å². The SMILES string of the molecule is Cc1ccc(Br)c(Nc2nc(C(N)=O)ccc2N)c1. The second-order valence-electron chi connectivity index (χ2n) is 4.11. The molecule has 98 valence electrons. The summed E-state index contributed by atoms with van der Waals surface area (Å²) in [5.74, 6) is -0.186. The highest BCUT2D eigenvalue weighted by atomic mass is 79.9. The maximum Gasteiger partial charge on any atom is 0.267 e. The average Bonchev–Trinajstić information content (AvgIpc) is 2.36. The third-order valence-electron chi connectivity index (χ3n) is 2.55. The highest BCUT2D eigenvalue weighted by molar-refractivity contribution is 9.10. The van der Waals surface area contributed by atoms with Crippen LogP contribution in [0.15, 0.2) is 34.8 Å². The molecule has 1 amide bonds. The Balaban J connectivity index is 2.40. The second-order valence-corrected chi connectivity index (χ2v) is 4.96. The number of halogens is 1. The summed E-state index contributed by atoms with van der Waals surface area (Å²) in [4.78, 5) is 15.2. The van der Waals surface area contributed by atoms with Crippen molar-refractivity contribution in [3.05, 3.63) is 46.1 Å². The number of nitrogens with zero attached hydrogens (tertiary/aromatic N) is 1. The van der Waals surface area contributed by atoms with Crippen LogP contribution >= 0.6 is 15.9 Å². The van der Waals surface area contributed by atoms with Gasteiger partial charge in [0.25, 0.3) is 5.91 Å². The molecular formula is C13H13BrN4O. The maximum atomic E-state index is 11.1. The van der Waals surface area contributed by atoms with Gasteiger partial charge in [0.15, 0.2) is 5.82 Å². The van der Waals surface area contributed by atoms with E-state index >= 15 is 0 Å². The molecule has 0 spiro atoms. The Labute approximate surface area is 119 Å². The number of pyridine rings is 1. The number of rotatable bonds is 3. The van der Waals surface area contributed by atoms with E-state index in [2.05, 4.69) is 26.2 Å². The van der Waals surface area contributed by atoms with Crippen LogP contribution in [0.1, 0.15) is 16.1 Å². The Morgan fingerprint density at radius 1 is 1.32 bits per heavy atom. The predicted molar refractivity (Wildman–Crippen MR) is 79.3 cm³/mol. The van der Waals surface area contributed by atoms with Gasteiger partial charge in [0.05, 0.1) is 11.4 Å². The first-order chi connectivity index (χ1) is 8.97. The summed E-state index contributed by atoms with van der Waals surface area (Å²) in [5, 5.41) is 3.09. The van der Waals surface area contributed by atoms with E-state index in [4.69, 9.17) is 11.5 Å². The summed E-state index contributed by atoms with van der Waals surface area (Å²) in [6.45, 7) is 1.98. The van der Waals surface area contributed by atoms with Crippen LogP contribution in [0.3, 0.4) is 0 Å². The van der Waals surface area contributed by atoms with Crippen LogP contribution in [0.25, 0.3) is 0 Å². The fourth-order valence-corrected chi connectivity index (χ4v) is 1.92. The van der Waals surface area contributed by atoms with E-state index in [0.29, 0.717) is 11.5 Å². The van der Waals surface area contributed by atoms with Gasteiger partial charge < -0.3 is 16.8 Å². The van der Waals surface area contributed by atoms with Crippen LogP contribution in [0, 0.1) is 6.92 Å². The van der Waals surface area contributed by atoms with E-state index in [-0.39, 0.29) is 5.69 Å². The summed E-state index contributed by atoms with van der Waals surface area (Å²) >= 11 is 3.44. The number of hydrogen-bond acceptors (Lipinski definition) is 4. The quantitative estimate of drug-likeness (QED) is 0.810. The Hall–Kier alpha value is -2.08. The van der Waals surface area contributed by atoms with Crippen LogP contribution in [0.5, 0.6) is 0 Å². The number of nitrogens with two attached hydrogens (primary N) is 2. The lowest BCUT2D eigenvalue weighted by Gasteiger charge is -2.11. The molecule has 0 aliphatic carbocycles. The summed E-state index contributed by atoms with van der Waals surface area (Å²) in [6, 6.07) is 8.94. The number of amides is 1. The third-order valence-corrected chi connectivity index (χ3v) is 3.25. The molecule has 1 aromatic carbocycles. The smallest absolute Gasteiger partial charge is 0.267 e. The molecule has 0 fully saturated rings. The molecule has 0 radical (unpaired) electrons. The van der Waals surface area contributed by atoms with Crippen molar-refractivity contribution in [3.8, 4) is 0 Å². The van der Waals surface area contributed by atoms with Crippen molar-refractivity contribution in [1.29, 1.82) is 0 Å². The zero-order valence-electron chi connectivity index (χ0n) is 10.3. The van der Waals surface area contributed by atoms with Crippen molar-refractivity contribution < 1.29 is 4.79 Å². The minimum Gasteiger partial charge on any atom is -0.396 e. The molecular weight excluding hydrogens is 308 g/mol. The molecule has 0 bridgehead atoms. The summed E-state index contributed by atoms with van der Waals surface area (Å²) in [7, 11) is 0. The van der Waals surface area contributed by atoms with Crippen molar-refractivity contribution in [3.63, 3.8) is 0 Å². The predicted octanol–water partition coefficient (Wildman–Crippen LogP) is 2.58. The highest BCUT2D eigenvalue weighted by Gasteiger charge is 2.09. The van der Waals surface area contributed by atoms with E-state index in [1.165, 1.54) is 6.07 Å². The van der Waals surface area contributed by atoms with Gasteiger partial charge in [0.1, 0.15) is 5.69 Å². The third kappa shape index (κ3) is 3.03. The van der Waals surface area contributed by atoms with Gasteiger partial charge in [-0.2, -0.15) is 0 Å². The van der Waals surface area contributed by atoms with Crippen molar-refractivity contribution >= 4 is 39.0 Å². The van der Waals surface area contributed by atoms with Crippen molar-refractivity contribution in [1.82, 2.24) is 4.98 Å². The lowest BCUT2D eigenvalue weighted by atomic mass is 10.2. The molecule has 0 atom stereocenters. The molecule has 0 saturated carbocycles. The first-order valence-electron chi connectivity index (χ1n) is 5.57. The number of benzene rings is 1. The molecule has 1 aromatic heterocycles. The van der Waals surface area contributed by atoms with Gasteiger partial charge in [-0.25, -0.2) is 4.98 Å². The summed E-state index contributed by atoms with van der Waals surface area (Å²) in [5.41, 5.74) is 13.6. The van der Waals surface area contributed by atoms with Crippen molar-refractivity contribution in [2.45, 2.75) is 6.92 Å². The summed E-state index contributed by atoms with van der Waals surface area (Å²) < 4.78 is 0.878. The monoisotopic (exact) mass is 320 g/mol. The second kappa shape index (κ2) is 5.27.